The number of hydrogen-bond acceptors (Lipinski definition) is 4. The minimum absolute atomic E-state index is 0.0916. The highest BCUT2D eigenvalue weighted by molar-refractivity contribution is 5.78. The normalized spacial score (nSPS) is 18.2. The van der Waals surface area contributed by atoms with Crippen molar-refractivity contribution < 1.29 is 14.8 Å². The number of fused-ring (bicyclic) bond motifs is 3. The van der Waals surface area contributed by atoms with Gasteiger partial charge in [-0.15, -0.1) is 0 Å². The van der Waals surface area contributed by atoms with E-state index in [1.54, 1.807) is 36.4 Å². The van der Waals surface area contributed by atoms with Crippen molar-refractivity contribution >= 4 is 5.69 Å². The lowest BCUT2D eigenvalue weighted by Crippen LogP contribution is -2.37. The summed E-state index contributed by atoms with van der Waals surface area (Å²) in [6.45, 7) is 0. The topological polar surface area (TPSA) is 72.6 Å². The van der Waals surface area contributed by atoms with E-state index in [2.05, 4.69) is 0 Å². The maximum atomic E-state index is 11.3. The van der Waals surface area contributed by atoms with E-state index in [4.69, 9.17) is 4.74 Å². The predicted octanol–water partition coefficient (Wildman–Crippen LogP) is 3.85. The zero-order valence-corrected chi connectivity index (χ0v) is 12.5. The number of para-hydroxylation sites is 1. The Labute approximate surface area is 137 Å². The molecule has 1 N–H and O–H groups in total. The molecule has 1 aliphatic rings. The van der Waals surface area contributed by atoms with Gasteiger partial charge >= 0.3 is 0 Å². The van der Waals surface area contributed by atoms with E-state index in [0.29, 0.717) is 22.4 Å². The van der Waals surface area contributed by atoms with Gasteiger partial charge in [0.05, 0.1) is 4.92 Å². The number of hydrogen-bond donors (Lipinski definition) is 1. The molecule has 0 radical (unpaired) electrons. The maximum Gasteiger partial charge on any atom is 0.270 e. The first-order chi connectivity index (χ1) is 11.6. The van der Waals surface area contributed by atoms with Crippen LogP contribution in [0.3, 0.4) is 0 Å². The molecule has 0 fully saturated rings. The predicted molar refractivity (Wildman–Crippen MR) is 88.6 cm³/mol. The van der Waals surface area contributed by atoms with E-state index in [9.17, 15) is 15.2 Å². The fraction of sp³-hybridized carbons (Fsp3) is 0.0526. The summed E-state index contributed by atoms with van der Waals surface area (Å²) in [6, 6.07) is 20.7. The van der Waals surface area contributed by atoms with Crippen LogP contribution in [0.5, 0.6) is 5.75 Å². The minimum atomic E-state index is -1.78. The van der Waals surface area contributed by atoms with E-state index in [-0.39, 0.29) is 5.69 Å². The molecule has 0 saturated carbocycles. The van der Waals surface area contributed by atoms with Crippen molar-refractivity contribution in [2.45, 2.75) is 5.79 Å². The van der Waals surface area contributed by atoms with Crippen LogP contribution in [0.15, 0.2) is 72.8 Å². The third kappa shape index (κ3) is 2.06. The van der Waals surface area contributed by atoms with Gasteiger partial charge in [0.2, 0.25) is 0 Å². The summed E-state index contributed by atoms with van der Waals surface area (Å²) in [5.74, 6) is -1.25. The Hall–Kier alpha value is -3.18. The smallest absolute Gasteiger partial charge is 0.270 e. The van der Waals surface area contributed by atoms with Crippen molar-refractivity contribution in [1.29, 1.82) is 0 Å². The Morgan fingerprint density at radius 3 is 2.38 bits per heavy atom. The van der Waals surface area contributed by atoms with Crippen molar-refractivity contribution in [2.24, 2.45) is 0 Å². The molecule has 0 amide bonds. The monoisotopic (exact) mass is 319 g/mol. The van der Waals surface area contributed by atoms with Crippen LogP contribution in [-0.2, 0) is 5.79 Å². The molecule has 0 aromatic heterocycles. The van der Waals surface area contributed by atoms with Crippen molar-refractivity contribution in [3.8, 4) is 16.9 Å². The number of non-ortho nitro benzene ring substituents is 1. The van der Waals surface area contributed by atoms with Crippen molar-refractivity contribution in [1.82, 2.24) is 0 Å². The summed E-state index contributed by atoms with van der Waals surface area (Å²) in [4.78, 5) is 10.7. The van der Waals surface area contributed by atoms with Crippen molar-refractivity contribution in [2.75, 3.05) is 0 Å². The largest absolute Gasteiger partial charge is 0.453 e. The van der Waals surface area contributed by atoms with Gasteiger partial charge in [0.1, 0.15) is 5.75 Å². The molecule has 0 bridgehead atoms. The second-order valence-corrected chi connectivity index (χ2v) is 5.60. The maximum absolute atomic E-state index is 11.3. The molecule has 0 spiro atoms. The van der Waals surface area contributed by atoms with E-state index < -0.39 is 10.7 Å². The zero-order chi connectivity index (χ0) is 16.7. The molecule has 1 unspecified atom stereocenters. The molecule has 3 aromatic carbocycles. The number of rotatable bonds is 2. The molecule has 5 nitrogen and oxygen atoms in total. The van der Waals surface area contributed by atoms with Gasteiger partial charge in [-0.1, -0.05) is 48.5 Å². The molecule has 1 aliphatic heterocycles. The van der Waals surface area contributed by atoms with E-state index in [1.165, 1.54) is 12.1 Å². The standard InChI is InChI=1S/C19H13NO4/c21-19(13-6-2-1-3-7-13)17-12-14(20(22)23)10-11-15(17)16-8-4-5-9-18(16)24-19/h1-12,21H. The molecule has 5 heteroatoms. The molecule has 4 rings (SSSR count). The lowest BCUT2D eigenvalue weighted by Gasteiger charge is -2.36. The summed E-state index contributed by atoms with van der Waals surface area (Å²) in [5.41, 5.74) is 2.30. The first kappa shape index (κ1) is 14.4. The molecule has 1 atom stereocenters. The van der Waals surface area contributed by atoms with Crippen LogP contribution in [0, 0.1) is 10.1 Å². The van der Waals surface area contributed by atoms with E-state index >= 15 is 0 Å². The van der Waals surface area contributed by atoms with Gasteiger partial charge in [-0.3, -0.25) is 10.1 Å². The summed E-state index contributed by atoms with van der Waals surface area (Å²) in [5, 5.41) is 22.5. The van der Waals surface area contributed by atoms with Crippen LogP contribution in [0.4, 0.5) is 5.69 Å². The van der Waals surface area contributed by atoms with Gasteiger partial charge in [-0.25, -0.2) is 0 Å². The third-order valence-corrected chi connectivity index (χ3v) is 4.18. The summed E-state index contributed by atoms with van der Waals surface area (Å²) >= 11 is 0. The molecule has 118 valence electrons. The number of nitro benzene ring substituents is 1. The second kappa shape index (κ2) is 5.18. The number of benzene rings is 3. The van der Waals surface area contributed by atoms with Gasteiger partial charge in [0.25, 0.3) is 11.5 Å². The molecular formula is C19H13NO4. The van der Waals surface area contributed by atoms with E-state index in [1.807, 2.05) is 24.3 Å². The fourth-order valence-electron chi connectivity index (χ4n) is 3.03. The number of ether oxygens (including phenoxy) is 1. The fourth-order valence-corrected chi connectivity index (χ4v) is 3.03. The molecule has 24 heavy (non-hydrogen) atoms. The Kier molecular flexibility index (Phi) is 3.11. The van der Waals surface area contributed by atoms with Crippen LogP contribution >= 0.6 is 0 Å². The molecular weight excluding hydrogens is 306 g/mol. The van der Waals surface area contributed by atoms with Crippen LogP contribution < -0.4 is 4.74 Å². The number of nitro groups is 1. The summed E-state index contributed by atoms with van der Waals surface area (Å²) in [6.07, 6.45) is 0. The van der Waals surface area contributed by atoms with Crippen LogP contribution in [0.2, 0.25) is 0 Å². The van der Waals surface area contributed by atoms with Crippen molar-refractivity contribution in [3.05, 3.63) is 94.0 Å². The quantitative estimate of drug-likeness (QED) is 0.575. The molecule has 3 aromatic rings. The highest BCUT2D eigenvalue weighted by atomic mass is 16.6. The minimum Gasteiger partial charge on any atom is -0.453 e. The lowest BCUT2D eigenvalue weighted by molar-refractivity contribution is -0.385. The summed E-state index contributed by atoms with van der Waals surface area (Å²) < 4.78 is 5.90. The van der Waals surface area contributed by atoms with Gasteiger partial charge in [0.15, 0.2) is 0 Å². The Bertz CT molecular complexity index is 939. The second-order valence-electron chi connectivity index (χ2n) is 5.60. The lowest BCUT2D eigenvalue weighted by atomic mass is 9.86. The summed E-state index contributed by atoms with van der Waals surface area (Å²) in [7, 11) is 0. The first-order valence-corrected chi connectivity index (χ1v) is 7.45. The van der Waals surface area contributed by atoms with E-state index in [0.717, 1.165) is 5.56 Å². The number of aliphatic hydroxyl groups is 1. The Morgan fingerprint density at radius 1 is 0.917 bits per heavy atom. The van der Waals surface area contributed by atoms with Gasteiger partial charge < -0.3 is 9.84 Å². The average Bonchev–Trinajstić information content (AvgIpc) is 2.62. The third-order valence-electron chi connectivity index (χ3n) is 4.18. The molecule has 0 aliphatic carbocycles. The highest BCUT2D eigenvalue weighted by Crippen LogP contribution is 2.47. The molecule has 1 heterocycles. The average molecular weight is 319 g/mol. The first-order valence-electron chi connectivity index (χ1n) is 7.45. The Balaban J connectivity index is 2.02. The van der Waals surface area contributed by atoms with Crippen molar-refractivity contribution in [3.63, 3.8) is 0 Å². The van der Waals surface area contributed by atoms with Gasteiger partial charge in [0, 0.05) is 28.8 Å². The zero-order valence-electron chi connectivity index (χ0n) is 12.5. The van der Waals surface area contributed by atoms with Crippen LogP contribution in [0.1, 0.15) is 11.1 Å². The van der Waals surface area contributed by atoms with Crippen LogP contribution in [0.25, 0.3) is 11.1 Å². The molecule has 0 saturated heterocycles. The highest BCUT2D eigenvalue weighted by Gasteiger charge is 2.41. The van der Waals surface area contributed by atoms with Gasteiger partial charge in [-0.05, 0) is 17.7 Å². The van der Waals surface area contributed by atoms with Gasteiger partial charge in [-0.2, -0.15) is 0 Å². The Morgan fingerprint density at radius 2 is 1.62 bits per heavy atom. The number of nitrogens with zero attached hydrogens (tertiary/aromatic N) is 1. The van der Waals surface area contributed by atoms with Crippen LogP contribution in [-0.4, -0.2) is 10.0 Å². The SMILES string of the molecule is O=[N+]([O-])c1ccc2c(c1)C(O)(c1ccccc1)Oc1ccccc1-2.